The first-order valence-electron chi connectivity index (χ1n) is 5.82. The molecule has 1 aromatic rings. The number of hydrogen-bond donors (Lipinski definition) is 1. The Labute approximate surface area is 135 Å². The van der Waals surface area contributed by atoms with E-state index in [0.29, 0.717) is 12.1 Å². The maximum absolute atomic E-state index is 13.9. The monoisotopic (exact) mass is 409 g/mol. The number of alkyl halides is 11. The van der Waals surface area contributed by atoms with Crippen LogP contribution in [-0.4, -0.2) is 34.4 Å². The van der Waals surface area contributed by atoms with Gasteiger partial charge in [0.15, 0.2) is 4.90 Å². The van der Waals surface area contributed by atoms with Gasteiger partial charge in [-0.3, -0.25) is 0 Å². The Bertz CT molecular complexity index is 602. The molecule has 0 amide bonds. The molecule has 0 radical (unpaired) electrons. The molecule has 1 rings (SSSR count). The molecule has 0 bridgehead atoms. The molecule has 0 fully saturated rings. The number of halogens is 11. The maximum atomic E-state index is 13.9. The van der Waals surface area contributed by atoms with E-state index in [1.54, 1.807) is 0 Å². The van der Waals surface area contributed by atoms with Crippen molar-refractivity contribution in [2.45, 2.75) is 34.7 Å². The number of nitrogens with one attached hydrogen (secondary N) is 1. The molecule has 0 saturated carbocycles. The minimum absolute atomic E-state index is 0.258. The smallest absolute Gasteiger partial charge is 0.459 e. The highest BCUT2D eigenvalue weighted by Gasteiger charge is 2.82. The van der Waals surface area contributed by atoms with E-state index in [1.807, 2.05) is 0 Å². The minimum Gasteiger partial charge on any atom is -0.607 e. The molecule has 0 heterocycles. The first kappa shape index (κ1) is 21.6. The molecule has 0 aliphatic heterocycles. The van der Waals surface area contributed by atoms with Gasteiger partial charge in [0.25, 0.3) is 0 Å². The second-order valence-electron chi connectivity index (χ2n) is 4.41. The SMILES string of the molecule is [O-][S+](c1ccccc1NC(F)(C(F)(F)F)C(F)(F)C(F)(F)F)C(F)F. The van der Waals surface area contributed by atoms with Gasteiger partial charge in [-0.05, 0) is 12.1 Å². The summed E-state index contributed by atoms with van der Waals surface area (Å²) >= 11 is -3.41. The van der Waals surface area contributed by atoms with Crippen LogP contribution in [0.3, 0.4) is 0 Å². The Morgan fingerprint density at radius 3 is 1.72 bits per heavy atom. The zero-order chi connectivity index (χ0) is 19.8. The van der Waals surface area contributed by atoms with E-state index < -0.39 is 51.6 Å². The average molecular weight is 409 g/mol. The number of para-hydroxylation sites is 1. The lowest BCUT2D eigenvalue weighted by molar-refractivity contribution is -0.375. The van der Waals surface area contributed by atoms with Crippen molar-refractivity contribution >= 4 is 16.9 Å². The highest BCUT2D eigenvalue weighted by molar-refractivity contribution is 7.91. The van der Waals surface area contributed by atoms with E-state index >= 15 is 0 Å². The number of anilines is 1. The van der Waals surface area contributed by atoms with Crippen molar-refractivity contribution in [3.63, 3.8) is 0 Å². The third-order valence-electron chi connectivity index (χ3n) is 2.75. The highest BCUT2D eigenvalue weighted by Crippen LogP contribution is 2.53. The van der Waals surface area contributed by atoms with Gasteiger partial charge >= 0.3 is 29.8 Å². The van der Waals surface area contributed by atoms with Gasteiger partial charge in [0.1, 0.15) is 0 Å². The van der Waals surface area contributed by atoms with E-state index in [-0.39, 0.29) is 5.32 Å². The summed E-state index contributed by atoms with van der Waals surface area (Å²) < 4.78 is 151. The molecular weight excluding hydrogens is 403 g/mol. The lowest BCUT2D eigenvalue weighted by atomic mass is 10.1. The van der Waals surface area contributed by atoms with Crippen molar-refractivity contribution in [3.8, 4) is 0 Å². The zero-order valence-electron chi connectivity index (χ0n) is 11.4. The molecule has 2 atom stereocenters. The van der Waals surface area contributed by atoms with Gasteiger partial charge in [0.2, 0.25) is 0 Å². The third kappa shape index (κ3) is 3.88. The van der Waals surface area contributed by atoms with Crippen LogP contribution in [0.1, 0.15) is 0 Å². The second kappa shape index (κ2) is 6.70. The molecule has 0 aliphatic rings. The fourth-order valence-electron chi connectivity index (χ4n) is 1.55. The highest BCUT2D eigenvalue weighted by atomic mass is 32.2. The molecule has 0 aliphatic carbocycles. The van der Waals surface area contributed by atoms with Crippen molar-refractivity contribution in [1.29, 1.82) is 0 Å². The van der Waals surface area contributed by atoms with Crippen LogP contribution in [0.5, 0.6) is 0 Å². The normalized spacial score (nSPS) is 17.3. The van der Waals surface area contributed by atoms with Crippen molar-refractivity contribution in [2.24, 2.45) is 0 Å². The van der Waals surface area contributed by atoms with E-state index in [4.69, 9.17) is 0 Å². The van der Waals surface area contributed by atoms with Gasteiger partial charge in [-0.1, -0.05) is 12.1 Å². The largest absolute Gasteiger partial charge is 0.607 e. The summed E-state index contributed by atoms with van der Waals surface area (Å²) in [7, 11) is 0. The van der Waals surface area contributed by atoms with Gasteiger partial charge in [-0.25, -0.2) is 4.39 Å². The molecule has 2 nitrogen and oxygen atoms in total. The standard InChI is InChI=1S/C11H6F11NOS/c12-7(13)25(24)6-4-2-1-3-5(6)23-9(16,11(20,21)22)8(14,15)10(17,18)19/h1-4,7,23H. The van der Waals surface area contributed by atoms with Crippen LogP contribution in [0.2, 0.25) is 0 Å². The summed E-state index contributed by atoms with van der Waals surface area (Å²) in [6.07, 6.45) is -13.8. The van der Waals surface area contributed by atoms with E-state index in [0.717, 1.165) is 12.1 Å². The van der Waals surface area contributed by atoms with Crippen LogP contribution >= 0.6 is 0 Å². The van der Waals surface area contributed by atoms with Crippen LogP contribution < -0.4 is 5.32 Å². The lowest BCUT2D eigenvalue weighted by Gasteiger charge is -2.36. The first-order chi connectivity index (χ1) is 11.1. The first-order valence-corrected chi connectivity index (χ1v) is 7.03. The molecule has 2 unspecified atom stereocenters. The fraction of sp³-hybridized carbons (Fsp3) is 0.455. The van der Waals surface area contributed by atoms with Gasteiger partial charge in [-0.15, -0.1) is 0 Å². The van der Waals surface area contributed by atoms with Crippen LogP contribution in [-0.2, 0) is 11.2 Å². The van der Waals surface area contributed by atoms with Gasteiger partial charge < -0.3 is 9.87 Å². The summed E-state index contributed by atoms with van der Waals surface area (Å²) in [6.45, 7) is 0. The predicted octanol–water partition coefficient (Wildman–Crippen LogP) is 4.85. The molecule has 144 valence electrons. The molecular formula is C11H6F11NOS. The topological polar surface area (TPSA) is 35.1 Å². The van der Waals surface area contributed by atoms with Crippen LogP contribution in [0, 0.1) is 0 Å². The van der Waals surface area contributed by atoms with Gasteiger partial charge in [0.05, 0.1) is 16.9 Å². The molecule has 25 heavy (non-hydrogen) atoms. The summed E-state index contributed by atoms with van der Waals surface area (Å²) in [4.78, 5) is -1.29. The quantitative estimate of drug-likeness (QED) is 0.429. The molecule has 0 spiro atoms. The number of rotatable bonds is 5. The van der Waals surface area contributed by atoms with Crippen molar-refractivity contribution in [1.82, 2.24) is 0 Å². The van der Waals surface area contributed by atoms with Crippen molar-refractivity contribution in [3.05, 3.63) is 24.3 Å². The molecule has 1 aromatic carbocycles. The van der Waals surface area contributed by atoms with Crippen LogP contribution in [0.4, 0.5) is 54.0 Å². The lowest BCUT2D eigenvalue weighted by Crippen LogP contribution is -2.66. The van der Waals surface area contributed by atoms with Crippen LogP contribution in [0.15, 0.2) is 29.2 Å². The Morgan fingerprint density at radius 2 is 1.32 bits per heavy atom. The van der Waals surface area contributed by atoms with Gasteiger partial charge in [0, 0.05) is 0 Å². The second-order valence-corrected chi connectivity index (χ2v) is 5.80. The summed E-state index contributed by atoms with van der Waals surface area (Å²) in [6, 6.07) is 2.29. The zero-order valence-corrected chi connectivity index (χ0v) is 12.2. The predicted molar refractivity (Wildman–Crippen MR) is 63.4 cm³/mol. The number of hydrogen-bond acceptors (Lipinski definition) is 2. The molecule has 0 aromatic heterocycles. The Morgan fingerprint density at radius 1 is 0.840 bits per heavy atom. The summed E-state index contributed by atoms with van der Waals surface area (Å²) in [5.41, 5.74) is -1.56. The Balaban J connectivity index is 3.50. The molecule has 14 heteroatoms. The summed E-state index contributed by atoms with van der Waals surface area (Å²) in [5.74, 6) is -17.1. The van der Waals surface area contributed by atoms with E-state index in [1.165, 1.54) is 0 Å². The van der Waals surface area contributed by atoms with Gasteiger partial charge in [-0.2, -0.15) is 43.9 Å². The van der Waals surface area contributed by atoms with E-state index in [9.17, 15) is 52.8 Å². The summed E-state index contributed by atoms with van der Waals surface area (Å²) in [5, 5.41) is 0.258. The maximum Gasteiger partial charge on any atom is 0.459 e. The van der Waals surface area contributed by atoms with Crippen molar-refractivity contribution < 1.29 is 52.8 Å². The minimum atomic E-state index is -6.99. The Kier molecular flexibility index (Phi) is 5.79. The fourth-order valence-corrected chi connectivity index (χ4v) is 2.29. The Hall–Kier alpha value is -1.44. The molecule has 1 N–H and O–H groups in total. The average Bonchev–Trinajstić information content (AvgIpc) is 2.44. The third-order valence-corrected chi connectivity index (χ3v) is 3.86. The van der Waals surface area contributed by atoms with E-state index in [2.05, 4.69) is 0 Å². The molecule has 0 saturated heterocycles. The number of benzene rings is 1. The van der Waals surface area contributed by atoms with Crippen LogP contribution in [0.25, 0.3) is 0 Å². The van der Waals surface area contributed by atoms with Crippen molar-refractivity contribution in [2.75, 3.05) is 5.32 Å².